The molecule has 1 atom stereocenters. The van der Waals surface area contributed by atoms with Gasteiger partial charge in [0, 0.05) is 25.0 Å². The molecule has 0 aliphatic rings. The largest absolute Gasteiger partial charge is 0.457 e. The van der Waals surface area contributed by atoms with E-state index in [1.54, 1.807) is 36.6 Å². The Morgan fingerprint density at radius 3 is 2.64 bits per heavy atom. The standard InChI is InChI=1S/C26H31N3O4/c1-5-6-7-23(33-22-10-8-18(2)9-11-22)12-20(4)24-13-21(15-27-24)26(32)29-16-25(31)28-14-19(3)17-30/h5-13,15,19,27,30H,1,4,14,16-17H2,2-3H3,(H,28,31)(H,29,32). The summed E-state index contributed by atoms with van der Waals surface area (Å²) in [6, 6.07) is 9.34. The summed E-state index contributed by atoms with van der Waals surface area (Å²) in [6.07, 6.45) is 8.48. The third-order valence-corrected chi connectivity index (χ3v) is 4.63. The van der Waals surface area contributed by atoms with Crippen LogP contribution in [0.15, 0.2) is 79.7 Å². The van der Waals surface area contributed by atoms with Crippen LogP contribution in [0, 0.1) is 12.8 Å². The van der Waals surface area contributed by atoms with Gasteiger partial charge in [0.05, 0.1) is 12.1 Å². The van der Waals surface area contributed by atoms with Gasteiger partial charge in [-0.2, -0.15) is 0 Å². The predicted octanol–water partition coefficient (Wildman–Crippen LogP) is 3.52. The second kappa shape index (κ2) is 12.9. The number of rotatable bonds is 12. The molecule has 0 aliphatic heterocycles. The minimum atomic E-state index is -0.387. The summed E-state index contributed by atoms with van der Waals surface area (Å²) in [7, 11) is 0. The summed E-state index contributed by atoms with van der Waals surface area (Å²) in [5, 5.41) is 14.2. The third-order valence-electron chi connectivity index (χ3n) is 4.63. The van der Waals surface area contributed by atoms with Crippen LogP contribution in [0.5, 0.6) is 5.75 Å². The van der Waals surface area contributed by atoms with Crippen LogP contribution in [-0.2, 0) is 4.79 Å². The van der Waals surface area contributed by atoms with Crippen molar-refractivity contribution in [1.82, 2.24) is 15.6 Å². The monoisotopic (exact) mass is 449 g/mol. The smallest absolute Gasteiger partial charge is 0.253 e. The number of aromatic amines is 1. The fraction of sp³-hybridized carbons (Fsp3) is 0.231. The molecule has 2 rings (SSSR count). The van der Waals surface area contributed by atoms with Gasteiger partial charge in [-0.1, -0.05) is 49.9 Å². The van der Waals surface area contributed by atoms with Crippen LogP contribution in [0.4, 0.5) is 0 Å². The van der Waals surface area contributed by atoms with Crippen molar-refractivity contribution >= 4 is 17.4 Å². The number of benzene rings is 1. The average molecular weight is 450 g/mol. The number of nitrogens with one attached hydrogen (secondary N) is 3. The molecule has 7 heteroatoms. The van der Waals surface area contributed by atoms with Crippen molar-refractivity contribution in [3.8, 4) is 5.75 Å². The van der Waals surface area contributed by atoms with Crippen molar-refractivity contribution in [2.24, 2.45) is 5.92 Å². The summed E-state index contributed by atoms with van der Waals surface area (Å²) < 4.78 is 5.94. The molecular formula is C26H31N3O4. The van der Waals surface area contributed by atoms with Crippen molar-refractivity contribution in [3.05, 3.63) is 96.6 Å². The quantitative estimate of drug-likeness (QED) is 0.294. The van der Waals surface area contributed by atoms with Crippen molar-refractivity contribution in [2.45, 2.75) is 13.8 Å². The lowest BCUT2D eigenvalue weighted by atomic mass is 10.1. The van der Waals surface area contributed by atoms with Gasteiger partial charge in [-0.15, -0.1) is 0 Å². The minimum absolute atomic E-state index is 0.0156. The molecule has 1 aromatic heterocycles. The van der Waals surface area contributed by atoms with Crippen molar-refractivity contribution in [1.29, 1.82) is 0 Å². The number of hydrogen-bond donors (Lipinski definition) is 4. The molecule has 0 saturated heterocycles. The van der Waals surface area contributed by atoms with Gasteiger partial charge in [-0.25, -0.2) is 0 Å². The number of aromatic nitrogens is 1. The summed E-state index contributed by atoms with van der Waals surface area (Å²) in [6.45, 7) is 11.7. The maximum atomic E-state index is 12.4. The number of ether oxygens (including phenoxy) is 1. The molecule has 1 unspecified atom stereocenters. The first-order chi connectivity index (χ1) is 15.8. The molecule has 0 bridgehead atoms. The Balaban J connectivity index is 2.01. The highest BCUT2D eigenvalue weighted by Gasteiger charge is 2.12. The normalized spacial score (nSPS) is 12.3. The molecule has 2 amide bonds. The van der Waals surface area contributed by atoms with E-state index in [4.69, 9.17) is 9.84 Å². The molecular weight excluding hydrogens is 418 g/mol. The first-order valence-corrected chi connectivity index (χ1v) is 10.6. The van der Waals surface area contributed by atoms with Crippen LogP contribution in [0.3, 0.4) is 0 Å². The molecule has 0 aliphatic carbocycles. The van der Waals surface area contributed by atoms with Gasteiger partial charge in [0.1, 0.15) is 11.5 Å². The van der Waals surface area contributed by atoms with E-state index < -0.39 is 0 Å². The molecule has 7 nitrogen and oxygen atoms in total. The predicted molar refractivity (Wildman–Crippen MR) is 131 cm³/mol. The molecule has 174 valence electrons. The Morgan fingerprint density at radius 2 is 1.97 bits per heavy atom. The zero-order chi connectivity index (χ0) is 24.2. The number of carbonyl (C=O) groups excluding carboxylic acids is 2. The number of aliphatic hydroxyl groups is 1. The van der Waals surface area contributed by atoms with Crippen LogP contribution < -0.4 is 15.4 Å². The minimum Gasteiger partial charge on any atom is -0.457 e. The first-order valence-electron chi connectivity index (χ1n) is 10.6. The lowest BCUT2D eigenvalue weighted by molar-refractivity contribution is -0.120. The molecule has 1 aromatic carbocycles. The summed E-state index contributed by atoms with van der Waals surface area (Å²) >= 11 is 0. The number of aliphatic hydroxyl groups excluding tert-OH is 1. The van der Waals surface area contributed by atoms with Gasteiger partial charge in [-0.3, -0.25) is 9.59 Å². The summed E-state index contributed by atoms with van der Waals surface area (Å²) in [5.41, 5.74) is 2.76. The van der Waals surface area contributed by atoms with E-state index in [9.17, 15) is 9.59 Å². The number of aryl methyl sites for hydroxylation is 1. The van der Waals surface area contributed by atoms with Gasteiger partial charge < -0.3 is 25.5 Å². The van der Waals surface area contributed by atoms with E-state index in [2.05, 4.69) is 28.8 Å². The van der Waals surface area contributed by atoms with E-state index in [1.807, 2.05) is 38.1 Å². The summed E-state index contributed by atoms with van der Waals surface area (Å²) in [5.74, 6) is 0.489. The Morgan fingerprint density at radius 1 is 1.24 bits per heavy atom. The first kappa shape index (κ1) is 25.4. The van der Waals surface area contributed by atoms with Gasteiger partial charge in [-0.05, 0) is 48.8 Å². The van der Waals surface area contributed by atoms with Crippen molar-refractivity contribution in [2.75, 3.05) is 19.7 Å². The Kier molecular flexibility index (Phi) is 9.92. The number of amides is 2. The molecule has 2 aromatic rings. The number of H-pyrrole nitrogens is 1. The lowest BCUT2D eigenvalue weighted by Gasteiger charge is -2.09. The maximum absolute atomic E-state index is 12.4. The van der Waals surface area contributed by atoms with E-state index in [1.165, 1.54) is 0 Å². The molecule has 4 N–H and O–H groups in total. The van der Waals surface area contributed by atoms with Crippen LogP contribution in [-0.4, -0.2) is 41.6 Å². The number of allylic oxidation sites excluding steroid dienone is 5. The topological polar surface area (TPSA) is 103 Å². The number of carbonyl (C=O) groups is 2. The zero-order valence-corrected chi connectivity index (χ0v) is 19.1. The Bertz CT molecular complexity index is 1030. The Hall–Kier alpha value is -3.84. The highest BCUT2D eigenvalue weighted by atomic mass is 16.5. The fourth-order valence-electron chi connectivity index (χ4n) is 2.65. The van der Waals surface area contributed by atoms with Crippen LogP contribution in [0.1, 0.15) is 28.5 Å². The van der Waals surface area contributed by atoms with E-state index in [0.717, 1.165) is 5.56 Å². The van der Waals surface area contributed by atoms with E-state index in [0.29, 0.717) is 34.9 Å². The van der Waals surface area contributed by atoms with Gasteiger partial charge in [0.2, 0.25) is 5.91 Å². The highest BCUT2D eigenvalue weighted by molar-refractivity contribution is 5.97. The van der Waals surface area contributed by atoms with E-state index >= 15 is 0 Å². The molecule has 33 heavy (non-hydrogen) atoms. The van der Waals surface area contributed by atoms with Crippen LogP contribution in [0.25, 0.3) is 5.57 Å². The third kappa shape index (κ3) is 8.66. The lowest BCUT2D eigenvalue weighted by Crippen LogP contribution is -2.38. The van der Waals surface area contributed by atoms with Gasteiger partial charge in [0.15, 0.2) is 0 Å². The fourth-order valence-corrected chi connectivity index (χ4v) is 2.65. The maximum Gasteiger partial charge on any atom is 0.253 e. The van der Waals surface area contributed by atoms with Gasteiger partial charge >= 0.3 is 0 Å². The van der Waals surface area contributed by atoms with Gasteiger partial charge in [0.25, 0.3) is 5.91 Å². The van der Waals surface area contributed by atoms with Crippen LogP contribution in [0.2, 0.25) is 0 Å². The molecule has 0 radical (unpaired) electrons. The highest BCUT2D eigenvalue weighted by Crippen LogP contribution is 2.20. The molecule has 1 heterocycles. The summed E-state index contributed by atoms with van der Waals surface area (Å²) in [4.78, 5) is 27.2. The van der Waals surface area contributed by atoms with Crippen molar-refractivity contribution < 1.29 is 19.4 Å². The van der Waals surface area contributed by atoms with E-state index in [-0.39, 0.29) is 30.9 Å². The number of hydrogen-bond acceptors (Lipinski definition) is 4. The molecule has 0 fully saturated rings. The molecule has 0 saturated carbocycles. The average Bonchev–Trinajstić information content (AvgIpc) is 3.31. The Labute approximate surface area is 194 Å². The second-order valence-electron chi connectivity index (χ2n) is 7.66. The second-order valence-corrected chi connectivity index (χ2v) is 7.66. The van der Waals surface area contributed by atoms with Crippen LogP contribution >= 0.6 is 0 Å². The van der Waals surface area contributed by atoms with Crippen molar-refractivity contribution in [3.63, 3.8) is 0 Å². The zero-order valence-electron chi connectivity index (χ0n) is 19.1. The SMILES string of the molecule is C=CC=CC(=CC(=C)c1cc(C(=O)NCC(=O)NCC(C)CO)c[nH]1)Oc1ccc(C)cc1. The molecule has 0 spiro atoms.